The van der Waals surface area contributed by atoms with E-state index in [1.165, 1.54) is 18.3 Å². The van der Waals surface area contributed by atoms with Crippen molar-refractivity contribution in [3.05, 3.63) is 41.3 Å². The van der Waals surface area contributed by atoms with Gasteiger partial charge in [-0.15, -0.1) is 0 Å². The van der Waals surface area contributed by atoms with Gasteiger partial charge in [-0.05, 0) is 50.3 Å². The highest BCUT2D eigenvalue weighted by Gasteiger charge is 2.65. The highest BCUT2D eigenvalue weighted by molar-refractivity contribution is 7.89. The normalized spacial score (nSPS) is 18.2. The van der Waals surface area contributed by atoms with E-state index in [4.69, 9.17) is 11.6 Å². The molecule has 33 heavy (non-hydrogen) atoms. The van der Waals surface area contributed by atoms with Crippen molar-refractivity contribution in [2.24, 2.45) is 0 Å². The van der Waals surface area contributed by atoms with E-state index in [1.54, 1.807) is 10.8 Å². The summed E-state index contributed by atoms with van der Waals surface area (Å²) in [6, 6.07) is 6.58. The van der Waals surface area contributed by atoms with E-state index < -0.39 is 21.7 Å². The Morgan fingerprint density at radius 3 is 2.45 bits per heavy atom. The molecule has 2 aliphatic rings. The second-order valence-electron chi connectivity index (χ2n) is 8.38. The molecule has 0 bridgehead atoms. The average molecular weight is 496 g/mol. The lowest BCUT2D eigenvalue weighted by Gasteiger charge is -2.30. The smallest absolute Gasteiger partial charge is 0.335 e. The van der Waals surface area contributed by atoms with Gasteiger partial charge in [-0.25, -0.2) is 13.4 Å². The summed E-state index contributed by atoms with van der Waals surface area (Å²) in [5, 5.41) is 10.7. The first-order valence-electron chi connectivity index (χ1n) is 10.2. The van der Waals surface area contributed by atoms with E-state index >= 15 is 0 Å². The monoisotopic (exact) mass is 495 g/mol. The van der Waals surface area contributed by atoms with E-state index in [0.29, 0.717) is 22.3 Å². The summed E-state index contributed by atoms with van der Waals surface area (Å²) >= 11 is 6.09. The van der Waals surface area contributed by atoms with E-state index in [2.05, 4.69) is 16.0 Å². The molecule has 2 aliphatic carbocycles. The summed E-state index contributed by atoms with van der Waals surface area (Å²) in [5.41, 5.74) is -0.515. The standard InChI is InChI=1S/C21H17ClF3N5O2S/c22-18-8-17-15(11-28-18)14(9-26)19(30(17)12-2-1-3-12)16-5-4-13(10-27-16)33(31,32)29-20(6-7-20)21(23,24)25/h4-5,8,10-12,29H,1-3,6-7H2. The van der Waals surface area contributed by atoms with Gasteiger partial charge in [0.25, 0.3) is 0 Å². The molecule has 172 valence electrons. The minimum absolute atomic E-state index is 0.122. The van der Waals surface area contributed by atoms with Crippen molar-refractivity contribution >= 4 is 32.5 Å². The van der Waals surface area contributed by atoms with Gasteiger partial charge in [-0.3, -0.25) is 4.98 Å². The molecule has 12 heteroatoms. The third-order valence-electron chi connectivity index (χ3n) is 6.32. The Kier molecular flexibility index (Phi) is 4.97. The molecule has 0 atom stereocenters. The Morgan fingerprint density at radius 1 is 1.21 bits per heavy atom. The van der Waals surface area contributed by atoms with E-state index in [0.717, 1.165) is 31.0 Å². The summed E-state index contributed by atoms with van der Waals surface area (Å²) in [6.45, 7) is 0. The molecule has 0 aromatic carbocycles. The number of fused-ring (bicyclic) bond motifs is 1. The summed E-state index contributed by atoms with van der Waals surface area (Å²) in [7, 11) is -4.44. The van der Waals surface area contributed by atoms with Crippen LogP contribution in [0.1, 0.15) is 43.7 Å². The van der Waals surface area contributed by atoms with Crippen LogP contribution in [0.25, 0.3) is 22.3 Å². The molecule has 2 fully saturated rings. The molecule has 5 rings (SSSR count). The second kappa shape index (κ2) is 7.41. The van der Waals surface area contributed by atoms with Gasteiger partial charge in [0, 0.05) is 23.8 Å². The zero-order valence-electron chi connectivity index (χ0n) is 17.0. The highest BCUT2D eigenvalue weighted by Crippen LogP contribution is 2.50. The SMILES string of the molecule is N#Cc1c(-c2ccc(S(=O)(=O)NC3(C(F)(F)F)CC3)cn2)n(C2CCC2)c2cc(Cl)ncc12. The number of alkyl halides is 3. The predicted octanol–water partition coefficient (Wildman–Crippen LogP) is 4.72. The molecule has 2 saturated carbocycles. The van der Waals surface area contributed by atoms with Crippen LogP contribution in [0.15, 0.2) is 35.5 Å². The minimum atomic E-state index is -4.67. The number of halogens is 4. The topological polar surface area (TPSA) is 101 Å². The summed E-state index contributed by atoms with van der Waals surface area (Å²) in [6.07, 6.45) is 0.0870. The largest absolute Gasteiger partial charge is 0.407 e. The van der Waals surface area contributed by atoms with Crippen LogP contribution in [0, 0.1) is 11.3 Å². The van der Waals surface area contributed by atoms with Crippen LogP contribution in [0.2, 0.25) is 5.15 Å². The zero-order valence-corrected chi connectivity index (χ0v) is 18.6. The first kappa shape index (κ1) is 22.1. The zero-order chi connectivity index (χ0) is 23.6. The first-order valence-corrected chi connectivity index (χ1v) is 12.1. The maximum absolute atomic E-state index is 13.2. The fourth-order valence-electron chi connectivity index (χ4n) is 4.13. The molecule has 0 unspecified atom stereocenters. The van der Waals surface area contributed by atoms with Gasteiger partial charge in [-0.2, -0.15) is 23.2 Å². The minimum Gasteiger partial charge on any atom is -0.335 e. The van der Waals surface area contributed by atoms with Gasteiger partial charge in [0.05, 0.1) is 22.5 Å². The maximum Gasteiger partial charge on any atom is 0.407 e. The summed E-state index contributed by atoms with van der Waals surface area (Å²) in [4.78, 5) is 7.93. The molecule has 0 spiro atoms. The number of rotatable bonds is 5. The maximum atomic E-state index is 13.2. The lowest BCUT2D eigenvalue weighted by Crippen LogP contribution is -2.47. The molecular weight excluding hydrogens is 479 g/mol. The van der Waals surface area contributed by atoms with Crippen molar-refractivity contribution in [2.75, 3.05) is 0 Å². The Bertz CT molecular complexity index is 1400. The molecule has 3 aromatic heterocycles. The molecule has 0 aliphatic heterocycles. The number of hydrogen-bond acceptors (Lipinski definition) is 5. The van der Waals surface area contributed by atoms with Gasteiger partial charge in [0.2, 0.25) is 10.0 Å². The van der Waals surface area contributed by atoms with Gasteiger partial charge in [0.1, 0.15) is 21.7 Å². The second-order valence-corrected chi connectivity index (χ2v) is 10.4. The Morgan fingerprint density at radius 2 is 1.94 bits per heavy atom. The summed E-state index contributed by atoms with van der Waals surface area (Å²) in [5.74, 6) is 0. The molecule has 3 heterocycles. The summed E-state index contributed by atoms with van der Waals surface area (Å²) < 4.78 is 68.6. The number of hydrogen-bond donors (Lipinski definition) is 1. The molecular formula is C21H17ClF3N5O2S. The number of sulfonamides is 1. The predicted molar refractivity (Wildman–Crippen MR) is 114 cm³/mol. The molecule has 0 radical (unpaired) electrons. The number of pyridine rings is 2. The fourth-order valence-corrected chi connectivity index (χ4v) is 5.68. The van der Waals surface area contributed by atoms with Crippen LogP contribution in [-0.4, -0.2) is 34.7 Å². The number of nitrogens with zero attached hydrogens (tertiary/aromatic N) is 4. The van der Waals surface area contributed by atoms with E-state index in [1.807, 2.05) is 4.57 Å². The fraction of sp³-hybridized carbons (Fsp3) is 0.381. The lowest BCUT2D eigenvalue weighted by molar-refractivity contribution is -0.160. The van der Waals surface area contributed by atoms with Crippen LogP contribution >= 0.6 is 11.6 Å². The van der Waals surface area contributed by atoms with Gasteiger partial charge < -0.3 is 4.57 Å². The van der Waals surface area contributed by atoms with E-state index in [-0.39, 0.29) is 28.9 Å². The van der Waals surface area contributed by atoms with Crippen LogP contribution in [0.4, 0.5) is 13.2 Å². The molecule has 0 saturated heterocycles. The van der Waals surface area contributed by atoms with Gasteiger partial charge in [0.15, 0.2) is 0 Å². The molecule has 1 N–H and O–H groups in total. The van der Waals surface area contributed by atoms with Crippen molar-refractivity contribution in [2.45, 2.75) is 54.8 Å². The van der Waals surface area contributed by atoms with Crippen molar-refractivity contribution < 1.29 is 21.6 Å². The van der Waals surface area contributed by atoms with Crippen LogP contribution in [-0.2, 0) is 10.0 Å². The van der Waals surface area contributed by atoms with Crippen molar-refractivity contribution in [3.8, 4) is 17.5 Å². The van der Waals surface area contributed by atoms with Crippen molar-refractivity contribution in [1.82, 2.24) is 19.3 Å². The Labute approximate surface area is 192 Å². The van der Waals surface area contributed by atoms with Crippen LogP contribution < -0.4 is 4.72 Å². The van der Waals surface area contributed by atoms with Crippen LogP contribution in [0.5, 0.6) is 0 Å². The highest BCUT2D eigenvalue weighted by atomic mass is 35.5. The Balaban J connectivity index is 1.58. The van der Waals surface area contributed by atoms with Crippen molar-refractivity contribution in [1.29, 1.82) is 5.26 Å². The van der Waals surface area contributed by atoms with Crippen molar-refractivity contribution in [3.63, 3.8) is 0 Å². The lowest BCUT2D eigenvalue weighted by atomic mass is 9.92. The number of nitriles is 1. The third kappa shape index (κ3) is 3.57. The van der Waals surface area contributed by atoms with Gasteiger partial charge in [-0.1, -0.05) is 11.6 Å². The molecule has 3 aromatic rings. The Hall–Kier alpha value is -2.68. The third-order valence-corrected chi connectivity index (χ3v) is 8.05. The number of aromatic nitrogens is 3. The average Bonchev–Trinajstić information content (AvgIpc) is 3.43. The van der Waals surface area contributed by atoms with Gasteiger partial charge >= 0.3 is 6.18 Å². The molecule has 7 nitrogen and oxygen atoms in total. The van der Waals surface area contributed by atoms with Crippen LogP contribution in [0.3, 0.4) is 0 Å². The molecule has 0 amide bonds. The number of nitrogens with one attached hydrogen (secondary N) is 1. The quantitative estimate of drug-likeness (QED) is 0.516. The first-order chi connectivity index (χ1) is 15.6. The van der Waals surface area contributed by atoms with E-state index in [9.17, 15) is 26.9 Å².